The summed E-state index contributed by atoms with van der Waals surface area (Å²) in [7, 11) is 0. The van der Waals surface area contributed by atoms with Crippen LogP contribution in [0.4, 0.5) is 22.7 Å². The van der Waals surface area contributed by atoms with Gasteiger partial charge >= 0.3 is 0 Å². The number of nitrogens with zero attached hydrogens (tertiary/aromatic N) is 10. The molecular weight excluding hydrogens is 1030 g/mol. The predicted octanol–water partition coefficient (Wildman–Crippen LogP) is 16.6. The number of carbonyl (C=O) groups excluding carboxylic acids is 2. The highest BCUT2D eigenvalue weighted by Gasteiger charge is 2.26. The number of carbonyl (C=O) groups is 2. The van der Waals surface area contributed by atoms with Crippen molar-refractivity contribution in [3.63, 3.8) is 0 Å². The second kappa shape index (κ2) is 35.8. The zero-order chi connectivity index (χ0) is 60.1. The minimum Gasteiger partial charge on any atom is -0.493 e. The van der Waals surface area contributed by atoms with Gasteiger partial charge in [-0.2, -0.15) is 20.8 Å². The molecule has 0 fully saturated rings. The van der Waals surface area contributed by atoms with E-state index < -0.39 is 22.9 Å². The molecule has 2 N–H and O–H groups in total. The molecule has 0 aliphatic rings. The third kappa shape index (κ3) is 19.3. The van der Waals surface area contributed by atoms with Gasteiger partial charge in [-0.1, -0.05) is 157 Å². The van der Waals surface area contributed by atoms with Gasteiger partial charge in [0.1, 0.15) is 23.3 Å². The van der Waals surface area contributed by atoms with Gasteiger partial charge in [0.05, 0.1) is 11.4 Å². The zero-order valence-corrected chi connectivity index (χ0v) is 51.3. The van der Waals surface area contributed by atoms with Gasteiger partial charge in [-0.25, -0.2) is 0 Å². The average molecular weight is 1130 g/mol. The summed E-state index contributed by atoms with van der Waals surface area (Å²) in [5, 5.41) is 60.0. The van der Waals surface area contributed by atoms with Gasteiger partial charge in [0.25, 0.3) is 22.9 Å². The van der Waals surface area contributed by atoms with E-state index >= 15 is 0 Å². The van der Waals surface area contributed by atoms with E-state index in [0.717, 1.165) is 112 Å². The predicted molar refractivity (Wildman–Crippen MR) is 328 cm³/mol. The van der Waals surface area contributed by atoms with E-state index in [1.54, 1.807) is 48.5 Å². The molecule has 0 radical (unpaired) electrons. The highest BCUT2D eigenvalue weighted by atomic mass is 16.3. The number of unbranched alkanes of at least 4 members (excludes halogenated alkanes) is 7. The molecule has 4 aromatic rings. The molecule has 82 heavy (non-hydrogen) atoms. The number of amides is 2. The summed E-state index contributed by atoms with van der Waals surface area (Å²) in [6, 6.07) is 17.9. The molecule has 0 saturated heterocycles. The van der Waals surface area contributed by atoms with Gasteiger partial charge in [0, 0.05) is 61.5 Å². The number of benzene rings is 2. The molecule has 4 unspecified atom stereocenters. The molecule has 2 amide bonds. The summed E-state index contributed by atoms with van der Waals surface area (Å²) in [4.78, 5) is 60.6. The number of hydrogen-bond acceptors (Lipinski definition) is 12. The fraction of sp³-hybridized carbons (Fsp3) is 0.606. The summed E-state index contributed by atoms with van der Waals surface area (Å²) in [5.74, 6) is 0.502. The lowest BCUT2D eigenvalue weighted by molar-refractivity contribution is 0.0678. The molecule has 0 aliphatic heterocycles. The Balaban J connectivity index is 1.51. The van der Waals surface area contributed by atoms with E-state index in [0.29, 0.717) is 98.0 Å². The molecule has 2 aromatic carbocycles. The Kier molecular flexibility index (Phi) is 29.5. The molecule has 0 saturated carbocycles. The first-order chi connectivity index (χ1) is 39.6. The zero-order valence-electron chi connectivity index (χ0n) is 51.3. The van der Waals surface area contributed by atoms with Crippen LogP contribution in [-0.4, -0.2) is 67.1 Å². The molecule has 2 heterocycles. The maximum Gasteiger partial charge on any atom is 0.281 e. The normalized spacial score (nSPS) is 13.0. The molecule has 0 bridgehead atoms. The molecule has 0 spiro atoms. The fourth-order valence-corrected chi connectivity index (χ4v) is 10.8. The van der Waals surface area contributed by atoms with E-state index in [9.17, 15) is 39.9 Å². The summed E-state index contributed by atoms with van der Waals surface area (Å²) in [6.07, 6.45) is 18.9. The van der Waals surface area contributed by atoms with E-state index in [1.165, 1.54) is 13.8 Å². The molecule has 16 nitrogen and oxygen atoms in total. The van der Waals surface area contributed by atoms with Crippen LogP contribution in [0.1, 0.15) is 227 Å². The summed E-state index contributed by atoms with van der Waals surface area (Å²) in [6.45, 7) is 23.4. The molecule has 4 rings (SSSR count). The van der Waals surface area contributed by atoms with Gasteiger partial charge in [0.15, 0.2) is 11.4 Å². The Bertz CT molecular complexity index is 2710. The largest absolute Gasteiger partial charge is 0.493 e. The number of aromatic nitrogens is 2. The van der Waals surface area contributed by atoms with Crippen LogP contribution in [0.15, 0.2) is 78.6 Å². The topological polar surface area (TPSA) is 222 Å². The van der Waals surface area contributed by atoms with Crippen LogP contribution in [-0.2, 0) is 13.1 Å². The molecule has 16 heteroatoms. The van der Waals surface area contributed by atoms with Crippen molar-refractivity contribution >= 4 is 34.6 Å². The van der Waals surface area contributed by atoms with Crippen molar-refractivity contribution in [2.75, 3.05) is 26.2 Å². The van der Waals surface area contributed by atoms with Gasteiger partial charge in [-0.05, 0) is 112 Å². The first-order valence-electron chi connectivity index (χ1n) is 30.9. The SMILES string of the molecule is CCCCC(CC)CN(CC(CC)CCCC)C(=O)c1cccc(N=Nc2c(C)c(C#N)c(O)n(CCCCCCn3c(O)c(C#N)c(C)c(N=Nc4cccc(C(=O)N(CC(CC)CCCC)CC(CC)CCCC)c4)c3=O)c2=O)c1. The first-order valence-corrected chi connectivity index (χ1v) is 30.9. The van der Waals surface area contributed by atoms with E-state index in [4.69, 9.17) is 0 Å². The number of nitriles is 2. The minimum atomic E-state index is -0.625. The second-order valence-corrected chi connectivity index (χ2v) is 22.5. The second-order valence-electron chi connectivity index (χ2n) is 22.5. The Morgan fingerprint density at radius 1 is 0.500 bits per heavy atom. The van der Waals surface area contributed by atoms with Crippen molar-refractivity contribution in [2.45, 2.75) is 211 Å². The van der Waals surface area contributed by atoms with Crippen molar-refractivity contribution in [1.82, 2.24) is 18.9 Å². The van der Waals surface area contributed by atoms with Gasteiger partial charge in [0.2, 0.25) is 11.8 Å². The lowest BCUT2D eigenvalue weighted by Crippen LogP contribution is -2.39. The van der Waals surface area contributed by atoms with Crippen LogP contribution in [0.25, 0.3) is 0 Å². The monoisotopic (exact) mass is 1120 g/mol. The lowest BCUT2D eigenvalue weighted by atomic mass is 9.95. The summed E-state index contributed by atoms with van der Waals surface area (Å²) < 4.78 is 2.23. The minimum absolute atomic E-state index is 0.0517. The highest BCUT2D eigenvalue weighted by molar-refractivity contribution is 5.95. The molecule has 4 atom stereocenters. The number of aromatic hydroxyl groups is 2. The number of hydrogen-bond donors (Lipinski definition) is 2. The highest BCUT2D eigenvalue weighted by Crippen LogP contribution is 2.31. The summed E-state index contributed by atoms with van der Waals surface area (Å²) >= 11 is 0. The average Bonchev–Trinajstić information content (AvgIpc) is 3.63. The third-order valence-corrected chi connectivity index (χ3v) is 16.4. The number of rotatable bonds is 37. The standard InChI is InChI=1S/C66H96N10O6/c1-11-19-29-49(15-5)43-73(44-50(16-6)30-20-12-2)61(77)53-33-27-35-55(39-53)69-71-59-47(9)57(41-67)63(79)75(65(59)81)37-25-23-24-26-38-76-64(80)58(42-68)48(10)60(66(76)82)72-70-56-36-28-34-54(40-56)62(78)74(45-51(17-7)31-21-13-3)46-52(18-8)32-22-14-4/h27-28,33-36,39-40,49-52,79-80H,11-26,29-32,37-38,43-46H2,1-10H3. The van der Waals surface area contributed by atoms with Crippen molar-refractivity contribution in [2.24, 2.45) is 44.1 Å². The van der Waals surface area contributed by atoms with Crippen molar-refractivity contribution in [3.8, 4) is 23.9 Å². The van der Waals surface area contributed by atoms with E-state index in [-0.39, 0.29) is 58.5 Å². The van der Waals surface area contributed by atoms with Crippen molar-refractivity contribution in [1.29, 1.82) is 10.5 Å². The Morgan fingerprint density at radius 3 is 1.10 bits per heavy atom. The van der Waals surface area contributed by atoms with Gasteiger partial charge in [-0.15, -0.1) is 10.2 Å². The van der Waals surface area contributed by atoms with Crippen LogP contribution in [0.2, 0.25) is 0 Å². The van der Waals surface area contributed by atoms with Crippen LogP contribution in [0.5, 0.6) is 11.8 Å². The van der Waals surface area contributed by atoms with Crippen LogP contribution in [0.3, 0.4) is 0 Å². The first kappa shape index (κ1) is 67.6. The Hall–Kier alpha value is -6.94. The van der Waals surface area contributed by atoms with E-state index in [1.807, 2.05) is 21.9 Å². The number of pyridine rings is 2. The third-order valence-electron chi connectivity index (χ3n) is 16.4. The van der Waals surface area contributed by atoms with Crippen molar-refractivity contribution < 1.29 is 19.8 Å². The Labute approximate surface area is 489 Å². The molecular formula is C66H96N10O6. The Morgan fingerprint density at radius 2 is 0.817 bits per heavy atom. The quantitative estimate of drug-likeness (QED) is 0.0326. The molecule has 446 valence electrons. The van der Waals surface area contributed by atoms with E-state index in [2.05, 4.69) is 75.8 Å². The molecule has 2 aromatic heterocycles. The van der Waals surface area contributed by atoms with Crippen LogP contribution in [0, 0.1) is 60.2 Å². The number of azo groups is 2. The van der Waals surface area contributed by atoms with Gasteiger partial charge < -0.3 is 20.0 Å². The summed E-state index contributed by atoms with van der Waals surface area (Å²) in [5.41, 5.74) is 0.399. The lowest BCUT2D eigenvalue weighted by Gasteiger charge is -2.31. The van der Waals surface area contributed by atoms with Crippen LogP contribution < -0.4 is 11.1 Å². The maximum absolute atomic E-state index is 14.3. The van der Waals surface area contributed by atoms with Gasteiger partial charge in [-0.3, -0.25) is 28.3 Å². The molecule has 0 aliphatic carbocycles. The van der Waals surface area contributed by atoms with Crippen LogP contribution >= 0.6 is 0 Å². The smallest absolute Gasteiger partial charge is 0.281 e. The maximum atomic E-state index is 14.3. The fourth-order valence-electron chi connectivity index (χ4n) is 10.8. The van der Waals surface area contributed by atoms with Crippen molar-refractivity contribution in [3.05, 3.63) is 103 Å².